The van der Waals surface area contributed by atoms with E-state index in [0.29, 0.717) is 10.8 Å². The molecule has 1 aromatic heterocycles. The summed E-state index contributed by atoms with van der Waals surface area (Å²) in [7, 11) is 1.61. The Bertz CT molecular complexity index is 472. The van der Waals surface area contributed by atoms with Crippen molar-refractivity contribution in [3.8, 4) is 5.75 Å². The van der Waals surface area contributed by atoms with Crippen LogP contribution in [0.2, 0.25) is 5.02 Å². The SMILES string of the molecule is COc1ccc(CCCc2nn[nH]n2)cc1Cl. The van der Waals surface area contributed by atoms with E-state index in [-0.39, 0.29) is 0 Å². The molecule has 0 fully saturated rings. The first-order valence-electron chi connectivity index (χ1n) is 5.34. The van der Waals surface area contributed by atoms with Gasteiger partial charge < -0.3 is 4.74 Å². The molecule has 90 valence electrons. The predicted octanol–water partition coefficient (Wildman–Crippen LogP) is 2.04. The Morgan fingerprint density at radius 3 is 2.88 bits per heavy atom. The monoisotopic (exact) mass is 252 g/mol. The van der Waals surface area contributed by atoms with Crippen molar-refractivity contribution >= 4 is 11.6 Å². The lowest BCUT2D eigenvalue weighted by Crippen LogP contribution is -1.93. The molecule has 2 aromatic rings. The normalized spacial score (nSPS) is 10.5. The number of hydrogen-bond acceptors (Lipinski definition) is 4. The van der Waals surface area contributed by atoms with E-state index in [9.17, 15) is 0 Å². The van der Waals surface area contributed by atoms with E-state index in [1.807, 2.05) is 18.2 Å². The predicted molar refractivity (Wildman–Crippen MR) is 64.2 cm³/mol. The molecule has 0 saturated carbocycles. The molecule has 0 aliphatic carbocycles. The maximum atomic E-state index is 6.04. The number of halogens is 1. The van der Waals surface area contributed by atoms with Gasteiger partial charge in [-0.25, -0.2) is 0 Å². The zero-order valence-corrected chi connectivity index (χ0v) is 10.2. The highest BCUT2D eigenvalue weighted by molar-refractivity contribution is 6.32. The average molecular weight is 253 g/mol. The second-order valence-electron chi connectivity index (χ2n) is 3.65. The number of rotatable bonds is 5. The lowest BCUT2D eigenvalue weighted by molar-refractivity contribution is 0.415. The Hall–Kier alpha value is -1.62. The summed E-state index contributed by atoms with van der Waals surface area (Å²) in [6, 6.07) is 5.82. The van der Waals surface area contributed by atoms with Crippen LogP contribution in [0.4, 0.5) is 0 Å². The zero-order valence-electron chi connectivity index (χ0n) is 9.48. The van der Waals surface area contributed by atoms with E-state index < -0.39 is 0 Å². The minimum atomic E-state index is 0.643. The van der Waals surface area contributed by atoms with E-state index in [4.69, 9.17) is 16.3 Å². The van der Waals surface area contributed by atoms with Gasteiger partial charge in [-0.2, -0.15) is 5.21 Å². The van der Waals surface area contributed by atoms with E-state index in [2.05, 4.69) is 20.6 Å². The highest BCUT2D eigenvalue weighted by Crippen LogP contribution is 2.25. The van der Waals surface area contributed by atoms with E-state index in [0.717, 1.165) is 25.1 Å². The maximum Gasteiger partial charge on any atom is 0.174 e. The van der Waals surface area contributed by atoms with Crippen molar-refractivity contribution < 1.29 is 4.74 Å². The van der Waals surface area contributed by atoms with Gasteiger partial charge in [-0.3, -0.25) is 0 Å². The van der Waals surface area contributed by atoms with Gasteiger partial charge >= 0.3 is 0 Å². The second kappa shape index (κ2) is 5.63. The zero-order chi connectivity index (χ0) is 12.1. The minimum absolute atomic E-state index is 0.643. The summed E-state index contributed by atoms with van der Waals surface area (Å²) in [4.78, 5) is 0. The van der Waals surface area contributed by atoms with Crippen molar-refractivity contribution in [2.45, 2.75) is 19.3 Å². The molecule has 1 N–H and O–H groups in total. The van der Waals surface area contributed by atoms with Gasteiger partial charge in [-0.15, -0.1) is 10.2 Å². The first-order chi connectivity index (χ1) is 8.29. The number of aromatic amines is 1. The Morgan fingerprint density at radius 1 is 1.35 bits per heavy atom. The van der Waals surface area contributed by atoms with Crippen LogP contribution in [-0.2, 0) is 12.8 Å². The molecule has 0 aliphatic rings. The lowest BCUT2D eigenvalue weighted by Gasteiger charge is -2.05. The minimum Gasteiger partial charge on any atom is -0.495 e. The fourth-order valence-electron chi connectivity index (χ4n) is 1.60. The number of nitrogens with zero attached hydrogens (tertiary/aromatic N) is 3. The third-order valence-corrected chi connectivity index (χ3v) is 2.77. The van der Waals surface area contributed by atoms with E-state index >= 15 is 0 Å². The number of nitrogens with one attached hydrogen (secondary N) is 1. The second-order valence-corrected chi connectivity index (χ2v) is 4.06. The molecule has 5 nitrogen and oxygen atoms in total. The summed E-state index contributed by atoms with van der Waals surface area (Å²) in [6.07, 6.45) is 2.70. The first kappa shape index (κ1) is 11.9. The summed E-state index contributed by atoms with van der Waals surface area (Å²) in [5.74, 6) is 1.44. The number of aromatic nitrogens is 4. The van der Waals surface area contributed by atoms with Gasteiger partial charge in [0.2, 0.25) is 0 Å². The van der Waals surface area contributed by atoms with Crippen LogP contribution < -0.4 is 4.74 Å². The van der Waals surface area contributed by atoms with Gasteiger partial charge in [-0.1, -0.05) is 22.9 Å². The number of tetrazole rings is 1. The molecular formula is C11H13ClN4O. The molecule has 17 heavy (non-hydrogen) atoms. The molecule has 1 heterocycles. The topological polar surface area (TPSA) is 63.7 Å². The summed E-state index contributed by atoms with van der Waals surface area (Å²) in [5, 5.41) is 14.4. The smallest absolute Gasteiger partial charge is 0.174 e. The largest absolute Gasteiger partial charge is 0.495 e. The summed E-state index contributed by atoms with van der Waals surface area (Å²) < 4.78 is 5.10. The van der Waals surface area contributed by atoms with Crippen molar-refractivity contribution in [1.29, 1.82) is 0 Å². The lowest BCUT2D eigenvalue weighted by atomic mass is 10.1. The fourth-order valence-corrected chi connectivity index (χ4v) is 1.88. The molecule has 0 atom stereocenters. The molecule has 2 rings (SSSR count). The van der Waals surface area contributed by atoms with Crippen LogP contribution in [0.3, 0.4) is 0 Å². The third kappa shape index (κ3) is 3.17. The van der Waals surface area contributed by atoms with E-state index in [1.165, 1.54) is 5.56 Å². The van der Waals surface area contributed by atoms with E-state index in [1.54, 1.807) is 7.11 Å². The number of ether oxygens (including phenoxy) is 1. The van der Waals surface area contributed by atoms with Crippen LogP contribution in [-0.4, -0.2) is 27.7 Å². The molecule has 0 radical (unpaired) electrons. The number of aryl methyl sites for hydroxylation is 2. The van der Waals surface area contributed by atoms with Crippen molar-refractivity contribution in [3.63, 3.8) is 0 Å². The van der Waals surface area contributed by atoms with Gasteiger partial charge in [0.25, 0.3) is 0 Å². The quantitative estimate of drug-likeness (QED) is 0.885. The Morgan fingerprint density at radius 2 is 2.24 bits per heavy atom. The van der Waals surface area contributed by atoms with Crippen LogP contribution in [0, 0.1) is 0 Å². The van der Waals surface area contributed by atoms with Crippen LogP contribution in [0.5, 0.6) is 5.75 Å². The molecule has 0 amide bonds. The number of benzene rings is 1. The van der Waals surface area contributed by atoms with Gasteiger partial charge in [0.05, 0.1) is 12.1 Å². The fraction of sp³-hybridized carbons (Fsp3) is 0.364. The van der Waals surface area contributed by atoms with Crippen LogP contribution in [0.1, 0.15) is 17.8 Å². The number of H-pyrrole nitrogens is 1. The molecule has 0 saturated heterocycles. The molecule has 1 aromatic carbocycles. The van der Waals surface area contributed by atoms with Gasteiger partial charge in [0.1, 0.15) is 5.75 Å². The summed E-state index contributed by atoms with van der Waals surface area (Å²) >= 11 is 6.04. The molecule has 0 spiro atoms. The third-order valence-electron chi connectivity index (χ3n) is 2.47. The summed E-state index contributed by atoms with van der Waals surface area (Å²) in [6.45, 7) is 0. The van der Waals surface area contributed by atoms with Crippen LogP contribution in [0.25, 0.3) is 0 Å². The standard InChI is InChI=1S/C11H13ClN4O/c1-17-10-6-5-8(7-9(10)12)3-2-4-11-13-15-16-14-11/h5-7H,2-4H2,1H3,(H,13,14,15,16). The molecular weight excluding hydrogens is 240 g/mol. The van der Waals surface area contributed by atoms with Crippen molar-refractivity contribution in [2.75, 3.05) is 7.11 Å². The van der Waals surface area contributed by atoms with Crippen molar-refractivity contribution in [3.05, 3.63) is 34.6 Å². The molecule has 0 aliphatic heterocycles. The average Bonchev–Trinajstić information content (AvgIpc) is 2.82. The Labute approximate surface area is 104 Å². The van der Waals surface area contributed by atoms with Crippen molar-refractivity contribution in [2.24, 2.45) is 0 Å². The molecule has 0 bridgehead atoms. The van der Waals surface area contributed by atoms with Crippen LogP contribution >= 0.6 is 11.6 Å². The number of methoxy groups -OCH3 is 1. The summed E-state index contributed by atoms with van der Waals surface area (Å²) in [5.41, 5.74) is 1.18. The highest BCUT2D eigenvalue weighted by atomic mass is 35.5. The highest BCUT2D eigenvalue weighted by Gasteiger charge is 2.03. The Balaban J connectivity index is 1.89. The van der Waals surface area contributed by atoms with Gasteiger partial charge in [-0.05, 0) is 30.5 Å². The van der Waals surface area contributed by atoms with Gasteiger partial charge in [0, 0.05) is 6.42 Å². The molecule has 6 heteroatoms. The van der Waals surface area contributed by atoms with Gasteiger partial charge in [0.15, 0.2) is 5.82 Å². The first-order valence-corrected chi connectivity index (χ1v) is 5.72. The number of hydrogen-bond donors (Lipinski definition) is 1. The maximum absolute atomic E-state index is 6.04. The van der Waals surface area contributed by atoms with Crippen molar-refractivity contribution in [1.82, 2.24) is 20.6 Å². The Kier molecular flexibility index (Phi) is 3.93. The molecule has 0 unspecified atom stereocenters. The van der Waals surface area contributed by atoms with Crippen LogP contribution in [0.15, 0.2) is 18.2 Å².